The van der Waals surface area contributed by atoms with E-state index in [0.717, 1.165) is 38.0 Å². The highest BCUT2D eigenvalue weighted by Gasteiger charge is 2.40. The van der Waals surface area contributed by atoms with Gasteiger partial charge in [-0.2, -0.15) is 11.3 Å². The number of amides is 1. The number of carbonyl (C=O) groups excluding carboxylic acids is 1. The van der Waals surface area contributed by atoms with Crippen molar-refractivity contribution in [2.75, 3.05) is 6.54 Å². The highest BCUT2D eigenvalue weighted by molar-refractivity contribution is 7.07. The zero-order valence-corrected chi connectivity index (χ0v) is 13.3. The van der Waals surface area contributed by atoms with Crippen LogP contribution in [0, 0.1) is 11.3 Å². The molecule has 0 spiro atoms. The Balaban J connectivity index is 1.92. The zero-order valence-electron chi connectivity index (χ0n) is 12.5. The van der Waals surface area contributed by atoms with E-state index in [-0.39, 0.29) is 17.4 Å². The topological polar surface area (TPSA) is 55.1 Å². The zero-order chi connectivity index (χ0) is 14.6. The fraction of sp³-hybridized carbons (Fsp3) is 0.688. The number of nitrogens with two attached hydrogens (primary N) is 1. The maximum absolute atomic E-state index is 12.6. The van der Waals surface area contributed by atoms with E-state index in [2.05, 4.69) is 36.0 Å². The number of nitrogens with one attached hydrogen (secondary N) is 1. The molecule has 1 heterocycles. The van der Waals surface area contributed by atoms with E-state index < -0.39 is 0 Å². The molecule has 0 radical (unpaired) electrons. The third-order valence-electron chi connectivity index (χ3n) is 4.60. The Kier molecular flexibility index (Phi) is 5.22. The summed E-state index contributed by atoms with van der Waals surface area (Å²) in [5.74, 6) is 0.889. The van der Waals surface area contributed by atoms with Crippen molar-refractivity contribution in [3.8, 4) is 0 Å². The molecule has 0 bridgehead atoms. The molecule has 0 aliphatic heterocycles. The van der Waals surface area contributed by atoms with Crippen molar-refractivity contribution in [3.05, 3.63) is 22.4 Å². The first-order valence-electron chi connectivity index (χ1n) is 7.58. The maximum Gasteiger partial charge on any atom is 0.227 e. The highest BCUT2D eigenvalue weighted by atomic mass is 32.1. The van der Waals surface area contributed by atoms with Crippen LogP contribution in [0.15, 0.2) is 16.8 Å². The molecule has 1 atom stereocenters. The second-order valence-corrected chi connectivity index (χ2v) is 7.16. The van der Waals surface area contributed by atoms with E-state index in [9.17, 15) is 4.79 Å². The van der Waals surface area contributed by atoms with Gasteiger partial charge >= 0.3 is 0 Å². The van der Waals surface area contributed by atoms with Gasteiger partial charge in [0.15, 0.2) is 0 Å². The Morgan fingerprint density at radius 2 is 2.25 bits per heavy atom. The normalized spacial score (nSPS) is 28.1. The summed E-state index contributed by atoms with van der Waals surface area (Å²) in [6.07, 6.45) is 4.99. The van der Waals surface area contributed by atoms with Gasteiger partial charge in [-0.3, -0.25) is 4.79 Å². The largest absolute Gasteiger partial charge is 0.353 e. The lowest BCUT2D eigenvalue weighted by atomic mass is 9.70. The predicted molar refractivity (Wildman–Crippen MR) is 84.7 cm³/mol. The van der Waals surface area contributed by atoms with Gasteiger partial charge in [0, 0.05) is 12.6 Å². The Labute approximate surface area is 125 Å². The summed E-state index contributed by atoms with van der Waals surface area (Å²) in [4.78, 5) is 12.6. The summed E-state index contributed by atoms with van der Waals surface area (Å²) >= 11 is 1.70. The predicted octanol–water partition coefficient (Wildman–Crippen LogP) is 2.95. The van der Waals surface area contributed by atoms with Crippen molar-refractivity contribution in [1.29, 1.82) is 0 Å². The molecule has 4 heteroatoms. The molecular weight excluding hydrogens is 268 g/mol. The van der Waals surface area contributed by atoms with Gasteiger partial charge in [-0.15, -0.1) is 0 Å². The SMILES string of the molecule is CC1CCC(CN)(C(=O)NC(C)Cc2ccsc2)CC1. The van der Waals surface area contributed by atoms with Crippen LogP contribution in [0.5, 0.6) is 0 Å². The van der Waals surface area contributed by atoms with Crippen LogP contribution in [0.4, 0.5) is 0 Å². The molecule has 3 nitrogen and oxygen atoms in total. The van der Waals surface area contributed by atoms with Crippen LogP contribution in [0.25, 0.3) is 0 Å². The summed E-state index contributed by atoms with van der Waals surface area (Å²) in [6, 6.07) is 2.29. The lowest BCUT2D eigenvalue weighted by Gasteiger charge is -2.37. The average Bonchev–Trinajstić information content (AvgIpc) is 2.92. The van der Waals surface area contributed by atoms with Crippen molar-refractivity contribution < 1.29 is 4.79 Å². The van der Waals surface area contributed by atoms with E-state index in [0.29, 0.717) is 6.54 Å². The Morgan fingerprint density at radius 1 is 1.55 bits per heavy atom. The highest BCUT2D eigenvalue weighted by Crippen LogP contribution is 2.38. The first-order chi connectivity index (χ1) is 9.55. The van der Waals surface area contributed by atoms with E-state index in [1.165, 1.54) is 5.56 Å². The van der Waals surface area contributed by atoms with Gasteiger partial charge in [0.25, 0.3) is 0 Å². The average molecular weight is 294 g/mol. The molecule has 0 saturated heterocycles. The molecule has 1 unspecified atom stereocenters. The fourth-order valence-electron chi connectivity index (χ4n) is 3.03. The van der Waals surface area contributed by atoms with Gasteiger partial charge in [-0.25, -0.2) is 0 Å². The Hall–Kier alpha value is -0.870. The smallest absolute Gasteiger partial charge is 0.227 e. The first-order valence-corrected chi connectivity index (χ1v) is 8.52. The second kappa shape index (κ2) is 6.72. The van der Waals surface area contributed by atoms with Crippen LogP contribution >= 0.6 is 11.3 Å². The molecule has 2 rings (SSSR count). The van der Waals surface area contributed by atoms with Gasteiger partial charge in [-0.05, 0) is 67.3 Å². The van der Waals surface area contributed by atoms with Crippen LogP contribution in [-0.2, 0) is 11.2 Å². The molecular formula is C16H26N2OS. The number of hydrogen-bond acceptors (Lipinski definition) is 3. The van der Waals surface area contributed by atoms with Crippen LogP contribution in [0.1, 0.15) is 45.1 Å². The van der Waals surface area contributed by atoms with Crippen LogP contribution < -0.4 is 11.1 Å². The van der Waals surface area contributed by atoms with Gasteiger partial charge < -0.3 is 11.1 Å². The van der Waals surface area contributed by atoms with Crippen LogP contribution in [-0.4, -0.2) is 18.5 Å². The molecule has 1 aromatic heterocycles. The van der Waals surface area contributed by atoms with Crippen molar-refractivity contribution in [2.24, 2.45) is 17.1 Å². The third kappa shape index (κ3) is 3.61. The Bertz CT molecular complexity index is 422. The van der Waals surface area contributed by atoms with Crippen molar-refractivity contribution >= 4 is 17.2 Å². The molecule has 1 aromatic rings. The minimum Gasteiger partial charge on any atom is -0.353 e. The summed E-state index contributed by atoms with van der Waals surface area (Å²) in [5.41, 5.74) is 6.91. The van der Waals surface area contributed by atoms with Crippen molar-refractivity contribution in [3.63, 3.8) is 0 Å². The maximum atomic E-state index is 12.6. The number of hydrogen-bond donors (Lipinski definition) is 2. The first kappa shape index (κ1) is 15.5. The molecule has 1 amide bonds. The number of rotatable bonds is 5. The summed E-state index contributed by atoms with van der Waals surface area (Å²) in [5, 5.41) is 7.40. The van der Waals surface area contributed by atoms with Gasteiger partial charge in [0.2, 0.25) is 5.91 Å². The van der Waals surface area contributed by atoms with Gasteiger partial charge in [-0.1, -0.05) is 6.92 Å². The summed E-state index contributed by atoms with van der Waals surface area (Å²) in [6.45, 7) is 4.81. The minimum atomic E-state index is -0.324. The van der Waals surface area contributed by atoms with E-state index in [4.69, 9.17) is 5.73 Å². The number of carbonyl (C=O) groups is 1. The van der Waals surface area contributed by atoms with Gasteiger partial charge in [0.05, 0.1) is 5.41 Å². The van der Waals surface area contributed by atoms with E-state index in [1.54, 1.807) is 11.3 Å². The van der Waals surface area contributed by atoms with E-state index in [1.807, 2.05) is 0 Å². The lowest BCUT2D eigenvalue weighted by molar-refractivity contribution is -0.133. The van der Waals surface area contributed by atoms with Crippen LogP contribution in [0.2, 0.25) is 0 Å². The third-order valence-corrected chi connectivity index (χ3v) is 5.34. The standard InChI is InChI=1S/C16H26N2OS/c1-12-3-6-16(11-17,7-4-12)15(19)18-13(2)9-14-5-8-20-10-14/h5,8,10,12-13H,3-4,6-7,9,11,17H2,1-2H3,(H,18,19). The van der Waals surface area contributed by atoms with Crippen molar-refractivity contribution in [2.45, 2.75) is 52.0 Å². The molecule has 1 aliphatic rings. The Morgan fingerprint density at radius 3 is 2.80 bits per heavy atom. The molecule has 3 N–H and O–H groups in total. The molecule has 0 aromatic carbocycles. The monoisotopic (exact) mass is 294 g/mol. The number of thiophene rings is 1. The molecule has 1 saturated carbocycles. The summed E-state index contributed by atoms with van der Waals surface area (Å²) < 4.78 is 0. The summed E-state index contributed by atoms with van der Waals surface area (Å²) in [7, 11) is 0. The van der Waals surface area contributed by atoms with E-state index >= 15 is 0 Å². The second-order valence-electron chi connectivity index (χ2n) is 6.38. The molecule has 1 fully saturated rings. The quantitative estimate of drug-likeness (QED) is 0.877. The van der Waals surface area contributed by atoms with Crippen LogP contribution in [0.3, 0.4) is 0 Å². The molecule has 1 aliphatic carbocycles. The van der Waals surface area contributed by atoms with Crippen molar-refractivity contribution in [1.82, 2.24) is 5.32 Å². The minimum absolute atomic E-state index is 0.162. The lowest BCUT2D eigenvalue weighted by Crippen LogP contribution is -2.50. The van der Waals surface area contributed by atoms with Gasteiger partial charge in [0.1, 0.15) is 0 Å². The molecule has 20 heavy (non-hydrogen) atoms. The molecule has 112 valence electrons. The fourth-order valence-corrected chi connectivity index (χ4v) is 3.71.